The Morgan fingerprint density at radius 1 is 1.41 bits per heavy atom. The van der Waals surface area contributed by atoms with Crippen LogP contribution in [0, 0.1) is 0 Å². The fourth-order valence-corrected chi connectivity index (χ4v) is 2.66. The van der Waals surface area contributed by atoms with Gasteiger partial charge in [-0.05, 0) is 19.5 Å². The molecule has 1 aromatic carbocycles. The monoisotopic (exact) mass is 341 g/mol. The predicted octanol–water partition coefficient (Wildman–Crippen LogP) is 2.39. The summed E-state index contributed by atoms with van der Waals surface area (Å²) in [6.45, 7) is 3.48. The predicted molar refractivity (Wildman–Crippen MR) is 90.9 cm³/mol. The summed E-state index contributed by atoms with van der Waals surface area (Å²) in [5.74, 6) is 0.614. The molecule has 7 heteroatoms. The molecule has 22 heavy (non-hydrogen) atoms. The van der Waals surface area contributed by atoms with Gasteiger partial charge in [0.2, 0.25) is 0 Å². The van der Waals surface area contributed by atoms with Gasteiger partial charge in [-0.25, -0.2) is 4.98 Å². The van der Waals surface area contributed by atoms with Crippen LogP contribution in [0.25, 0.3) is 0 Å². The number of thiazole rings is 1. The van der Waals surface area contributed by atoms with Crippen LogP contribution in [0.2, 0.25) is 0 Å². The molecule has 0 aliphatic heterocycles. The highest BCUT2D eigenvalue weighted by atomic mass is 35.5. The second kappa shape index (κ2) is 9.40. The van der Waals surface area contributed by atoms with Crippen molar-refractivity contribution in [3.63, 3.8) is 0 Å². The van der Waals surface area contributed by atoms with E-state index < -0.39 is 0 Å². The van der Waals surface area contributed by atoms with Crippen molar-refractivity contribution in [2.45, 2.75) is 19.9 Å². The minimum absolute atomic E-state index is 0. The van der Waals surface area contributed by atoms with Crippen LogP contribution in [0.1, 0.15) is 28.0 Å². The molecule has 2 rings (SSSR count). The van der Waals surface area contributed by atoms with Gasteiger partial charge in [-0.2, -0.15) is 0 Å². The molecule has 0 radical (unpaired) electrons. The Morgan fingerprint density at radius 2 is 2.18 bits per heavy atom. The second-order valence-electron chi connectivity index (χ2n) is 4.39. The average Bonchev–Trinajstić information content (AvgIpc) is 2.95. The van der Waals surface area contributed by atoms with E-state index in [-0.39, 0.29) is 18.3 Å². The molecule has 1 aromatic heterocycles. The summed E-state index contributed by atoms with van der Waals surface area (Å²) < 4.78 is 5.53. The molecule has 1 amide bonds. The Morgan fingerprint density at radius 3 is 2.91 bits per heavy atom. The summed E-state index contributed by atoms with van der Waals surface area (Å²) in [7, 11) is 0. The number of hydrogen-bond donors (Lipinski definition) is 2. The molecule has 1 heterocycles. The molecular formula is C15H20ClN3O2S. The molecule has 0 saturated heterocycles. The van der Waals surface area contributed by atoms with E-state index in [9.17, 15) is 4.79 Å². The fourth-order valence-electron chi connectivity index (χ4n) is 1.87. The molecule has 0 unspecified atom stereocenters. The van der Waals surface area contributed by atoms with Crippen molar-refractivity contribution in [3.8, 4) is 5.75 Å². The molecule has 2 aromatic rings. The minimum Gasteiger partial charge on any atom is -0.494 e. The van der Waals surface area contributed by atoms with Crippen LogP contribution < -0.4 is 15.8 Å². The number of benzene rings is 1. The molecule has 0 aliphatic carbocycles. The second-order valence-corrected chi connectivity index (χ2v) is 5.33. The minimum atomic E-state index is -0.180. The van der Waals surface area contributed by atoms with Crippen molar-refractivity contribution in [3.05, 3.63) is 45.9 Å². The van der Waals surface area contributed by atoms with E-state index in [1.165, 1.54) is 11.3 Å². The van der Waals surface area contributed by atoms with Gasteiger partial charge >= 0.3 is 0 Å². The third kappa shape index (κ3) is 4.98. The van der Waals surface area contributed by atoms with E-state index in [1.807, 2.05) is 31.2 Å². The zero-order valence-corrected chi connectivity index (χ0v) is 14.0. The Bertz CT molecular complexity index is 604. The molecule has 120 valence electrons. The van der Waals surface area contributed by atoms with Crippen LogP contribution in [0.4, 0.5) is 0 Å². The zero-order valence-electron chi connectivity index (χ0n) is 12.4. The Labute approximate surface area is 140 Å². The number of aromatic nitrogens is 1. The molecule has 0 atom stereocenters. The third-order valence-electron chi connectivity index (χ3n) is 2.85. The van der Waals surface area contributed by atoms with Crippen molar-refractivity contribution in [1.82, 2.24) is 10.3 Å². The number of carbonyl (C=O) groups excluding carboxylic acids is 1. The van der Waals surface area contributed by atoms with Crippen molar-refractivity contribution >= 4 is 29.7 Å². The van der Waals surface area contributed by atoms with Crippen molar-refractivity contribution in [1.29, 1.82) is 0 Å². The van der Waals surface area contributed by atoms with Gasteiger partial charge in [0, 0.05) is 23.9 Å². The first-order valence-corrected chi connectivity index (χ1v) is 7.76. The average molecular weight is 342 g/mol. The number of nitrogens with zero attached hydrogens (tertiary/aromatic N) is 1. The molecule has 0 fully saturated rings. The van der Waals surface area contributed by atoms with E-state index in [4.69, 9.17) is 10.5 Å². The fraction of sp³-hybridized carbons (Fsp3) is 0.333. The highest BCUT2D eigenvalue weighted by molar-refractivity contribution is 7.09. The molecule has 5 nitrogen and oxygen atoms in total. The Kier molecular flexibility index (Phi) is 7.87. The topological polar surface area (TPSA) is 77.2 Å². The van der Waals surface area contributed by atoms with Crippen LogP contribution in [0.3, 0.4) is 0 Å². The van der Waals surface area contributed by atoms with Gasteiger partial charge in [-0.15, -0.1) is 23.7 Å². The van der Waals surface area contributed by atoms with Gasteiger partial charge in [0.25, 0.3) is 5.91 Å². The summed E-state index contributed by atoms with van der Waals surface area (Å²) >= 11 is 1.46. The number of nitrogens with two attached hydrogens (primary N) is 1. The maximum atomic E-state index is 12.1. The number of ether oxygens (including phenoxy) is 1. The summed E-state index contributed by atoms with van der Waals surface area (Å²) in [5, 5.41) is 5.51. The molecule has 0 spiro atoms. The third-order valence-corrected chi connectivity index (χ3v) is 3.76. The highest BCUT2D eigenvalue weighted by Gasteiger charge is 2.11. The quantitative estimate of drug-likeness (QED) is 0.810. The lowest BCUT2D eigenvalue weighted by Crippen LogP contribution is -2.23. The lowest BCUT2D eigenvalue weighted by Gasteiger charge is -2.10. The largest absolute Gasteiger partial charge is 0.494 e. The Hall–Kier alpha value is -1.63. The van der Waals surface area contributed by atoms with E-state index in [1.54, 1.807) is 5.38 Å². The first kappa shape index (κ1) is 18.4. The number of carbonyl (C=O) groups is 1. The number of amides is 1. The van der Waals surface area contributed by atoms with Gasteiger partial charge < -0.3 is 15.8 Å². The van der Waals surface area contributed by atoms with E-state index in [2.05, 4.69) is 10.3 Å². The van der Waals surface area contributed by atoms with Gasteiger partial charge in [0.05, 0.1) is 11.6 Å². The van der Waals surface area contributed by atoms with Crippen LogP contribution in [-0.2, 0) is 13.0 Å². The van der Waals surface area contributed by atoms with Gasteiger partial charge in [-0.1, -0.05) is 18.2 Å². The van der Waals surface area contributed by atoms with Gasteiger partial charge in [-0.3, -0.25) is 4.79 Å². The van der Waals surface area contributed by atoms with Crippen LogP contribution in [-0.4, -0.2) is 24.0 Å². The smallest absolute Gasteiger partial charge is 0.271 e. The maximum absolute atomic E-state index is 12.1. The van der Waals surface area contributed by atoms with Crippen LogP contribution in [0.15, 0.2) is 29.6 Å². The molecule has 0 aliphatic rings. The van der Waals surface area contributed by atoms with E-state index >= 15 is 0 Å². The number of halogens is 1. The zero-order chi connectivity index (χ0) is 15.1. The summed E-state index contributed by atoms with van der Waals surface area (Å²) in [6.07, 6.45) is 0.700. The molecule has 3 N–H and O–H groups in total. The van der Waals surface area contributed by atoms with E-state index in [0.717, 1.165) is 16.3 Å². The standard InChI is InChI=1S/C15H19N3O2S.ClH/c1-2-20-13-6-4-3-5-11(13)9-17-15(19)12-10-21-14(18-12)7-8-16;/h3-6,10H,2,7-9,16H2,1H3,(H,17,19);1H. The maximum Gasteiger partial charge on any atom is 0.271 e. The number of nitrogens with one attached hydrogen (secondary N) is 1. The number of para-hydroxylation sites is 1. The molecule has 0 bridgehead atoms. The number of hydrogen-bond acceptors (Lipinski definition) is 5. The van der Waals surface area contributed by atoms with Crippen LogP contribution >= 0.6 is 23.7 Å². The first-order valence-electron chi connectivity index (χ1n) is 6.88. The van der Waals surface area contributed by atoms with Crippen molar-refractivity contribution in [2.24, 2.45) is 5.73 Å². The SMILES string of the molecule is CCOc1ccccc1CNC(=O)c1csc(CCN)n1.Cl. The summed E-state index contributed by atoms with van der Waals surface area (Å²) in [5.41, 5.74) is 6.87. The van der Waals surface area contributed by atoms with Crippen molar-refractivity contribution in [2.75, 3.05) is 13.2 Å². The summed E-state index contributed by atoms with van der Waals surface area (Å²) in [4.78, 5) is 16.3. The number of rotatable bonds is 7. The lowest BCUT2D eigenvalue weighted by atomic mass is 10.2. The lowest BCUT2D eigenvalue weighted by molar-refractivity contribution is 0.0946. The first-order chi connectivity index (χ1) is 10.2. The van der Waals surface area contributed by atoms with Gasteiger partial charge in [0.15, 0.2) is 0 Å². The van der Waals surface area contributed by atoms with Gasteiger partial charge in [0.1, 0.15) is 11.4 Å². The summed E-state index contributed by atoms with van der Waals surface area (Å²) in [6, 6.07) is 7.67. The normalized spacial score (nSPS) is 9.91. The molecule has 0 saturated carbocycles. The highest BCUT2D eigenvalue weighted by Crippen LogP contribution is 2.18. The molecular weight excluding hydrogens is 322 g/mol. The van der Waals surface area contributed by atoms with E-state index in [0.29, 0.717) is 31.8 Å². The van der Waals surface area contributed by atoms with Crippen LogP contribution in [0.5, 0.6) is 5.75 Å². The Balaban J connectivity index is 0.00000242. The van der Waals surface area contributed by atoms with Crippen molar-refractivity contribution < 1.29 is 9.53 Å².